The van der Waals surface area contributed by atoms with E-state index < -0.39 is 0 Å². The fourth-order valence-electron chi connectivity index (χ4n) is 4.05. The highest BCUT2D eigenvalue weighted by molar-refractivity contribution is 7.98. The van der Waals surface area contributed by atoms with Crippen molar-refractivity contribution in [1.29, 1.82) is 0 Å². The Hall–Kier alpha value is -1.78. The number of carbonyl (C=O) groups excluding carboxylic acids is 1. The molecule has 0 saturated carbocycles. The lowest BCUT2D eigenvalue weighted by molar-refractivity contribution is 0.0770. The van der Waals surface area contributed by atoms with Crippen LogP contribution in [0.2, 0.25) is 0 Å². The maximum Gasteiger partial charge on any atom is 0.255 e. The van der Waals surface area contributed by atoms with Gasteiger partial charge >= 0.3 is 0 Å². The molecule has 0 aromatic heterocycles. The molecule has 4 heteroatoms. The van der Waals surface area contributed by atoms with Crippen molar-refractivity contribution in [2.24, 2.45) is 0 Å². The maximum atomic E-state index is 12.9. The summed E-state index contributed by atoms with van der Waals surface area (Å²) < 4.78 is 0. The average molecular weight is 353 g/mol. The highest BCUT2D eigenvalue weighted by atomic mass is 32.2. The Morgan fingerprint density at radius 1 is 1.04 bits per heavy atom. The number of carbonyl (C=O) groups is 1. The predicted octanol–water partition coefficient (Wildman–Crippen LogP) is 3.68. The van der Waals surface area contributed by atoms with Gasteiger partial charge in [0.15, 0.2) is 0 Å². The van der Waals surface area contributed by atoms with Gasteiger partial charge in [-0.05, 0) is 42.4 Å². The monoisotopic (exact) mass is 352 g/mol. The summed E-state index contributed by atoms with van der Waals surface area (Å²) in [6.07, 6.45) is 4.23. The molecule has 1 amide bonds. The number of hydrogen-bond donors (Lipinski definition) is 0. The Balaban J connectivity index is 1.44. The first kappa shape index (κ1) is 16.7. The quantitative estimate of drug-likeness (QED) is 0.787. The van der Waals surface area contributed by atoms with Gasteiger partial charge in [-0.3, -0.25) is 9.69 Å². The summed E-state index contributed by atoms with van der Waals surface area (Å²) in [6, 6.07) is 17.2. The number of fused-ring (bicyclic) bond motifs is 1. The van der Waals surface area contributed by atoms with E-state index in [2.05, 4.69) is 29.2 Å². The first-order valence-electron chi connectivity index (χ1n) is 8.99. The number of benzene rings is 2. The van der Waals surface area contributed by atoms with Crippen LogP contribution in [0.3, 0.4) is 0 Å². The average Bonchev–Trinajstić information content (AvgIpc) is 3.17. The summed E-state index contributed by atoms with van der Waals surface area (Å²) in [7, 11) is 0. The smallest absolute Gasteiger partial charge is 0.255 e. The Bertz CT molecular complexity index is 776. The van der Waals surface area contributed by atoms with Crippen LogP contribution >= 0.6 is 11.8 Å². The van der Waals surface area contributed by atoms with Crippen LogP contribution in [-0.2, 0) is 13.0 Å². The third-order valence-corrected chi connectivity index (χ3v) is 6.26. The number of likely N-dealkylation sites (tertiary alicyclic amines) is 1. The summed E-state index contributed by atoms with van der Waals surface area (Å²) in [6.45, 7) is 3.84. The fourth-order valence-corrected chi connectivity index (χ4v) is 4.64. The van der Waals surface area contributed by atoms with E-state index in [1.54, 1.807) is 11.8 Å². The van der Waals surface area contributed by atoms with Crippen molar-refractivity contribution in [1.82, 2.24) is 9.80 Å². The van der Waals surface area contributed by atoms with Crippen LogP contribution in [0.4, 0.5) is 0 Å². The van der Waals surface area contributed by atoms with Gasteiger partial charge in [-0.25, -0.2) is 0 Å². The minimum Gasteiger partial charge on any atom is -0.337 e. The van der Waals surface area contributed by atoms with Gasteiger partial charge in [-0.2, -0.15) is 0 Å². The molecule has 0 bridgehead atoms. The molecule has 1 saturated heterocycles. The topological polar surface area (TPSA) is 23.6 Å². The van der Waals surface area contributed by atoms with Crippen LogP contribution in [0.25, 0.3) is 0 Å². The number of amides is 1. The summed E-state index contributed by atoms with van der Waals surface area (Å²) in [5, 5.41) is 0. The Labute approximate surface area is 154 Å². The molecule has 2 heterocycles. The third kappa shape index (κ3) is 3.33. The molecule has 130 valence electrons. The minimum absolute atomic E-state index is 0.185. The van der Waals surface area contributed by atoms with Crippen LogP contribution in [0.15, 0.2) is 53.4 Å². The van der Waals surface area contributed by atoms with E-state index in [1.807, 2.05) is 35.4 Å². The van der Waals surface area contributed by atoms with Crippen molar-refractivity contribution in [2.75, 3.05) is 25.9 Å². The molecule has 2 aromatic carbocycles. The lowest BCUT2D eigenvalue weighted by atomic mass is 9.98. The van der Waals surface area contributed by atoms with Crippen molar-refractivity contribution in [3.05, 3.63) is 65.2 Å². The molecule has 0 spiro atoms. The van der Waals surface area contributed by atoms with Crippen molar-refractivity contribution in [3.8, 4) is 0 Å². The molecule has 2 aliphatic heterocycles. The van der Waals surface area contributed by atoms with Crippen molar-refractivity contribution in [3.63, 3.8) is 0 Å². The van der Waals surface area contributed by atoms with Gasteiger partial charge in [0.05, 0.1) is 5.56 Å². The van der Waals surface area contributed by atoms with E-state index in [9.17, 15) is 4.79 Å². The van der Waals surface area contributed by atoms with Gasteiger partial charge in [-0.1, -0.05) is 36.4 Å². The van der Waals surface area contributed by atoms with Crippen molar-refractivity contribution in [2.45, 2.75) is 30.3 Å². The fraction of sp³-hybridized carbons (Fsp3) is 0.381. The molecule has 2 aromatic rings. The van der Waals surface area contributed by atoms with E-state index in [1.165, 1.54) is 11.1 Å². The maximum absolute atomic E-state index is 12.9. The van der Waals surface area contributed by atoms with Crippen LogP contribution in [0.5, 0.6) is 0 Å². The van der Waals surface area contributed by atoms with E-state index in [0.717, 1.165) is 49.5 Å². The summed E-state index contributed by atoms with van der Waals surface area (Å²) in [4.78, 5) is 18.6. The zero-order chi connectivity index (χ0) is 17.2. The van der Waals surface area contributed by atoms with Gasteiger partial charge in [0, 0.05) is 37.1 Å². The SMILES string of the molecule is CSc1ccccc1C(=O)N1CC[C@H](N2CCc3ccccc3C2)C1. The number of hydrogen-bond acceptors (Lipinski definition) is 3. The van der Waals surface area contributed by atoms with Crippen LogP contribution in [-0.4, -0.2) is 47.6 Å². The standard InChI is InChI=1S/C21H24N2OS/c1-25-20-9-5-4-8-19(20)21(24)23-13-11-18(15-23)22-12-10-16-6-2-3-7-17(16)14-22/h2-9,18H,10-15H2,1H3/t18-/m0/s1. The minimum atomic E-state index is 0.185. The van der Waals surface area contributed by atoms with E-state index in [0.29, 0.717) is 6.04 Å². The van der Waals surface area contributed by atoms with Gasteiger partial charge in [0.1, 0.15) is 0 Å². The first-order chi connectivity index (χ1) is 12.3. The molecule has 25 heavy (non-hydrogen) atoms. The molecule has 4 rings (SSSR count). The van der Waals surface area contributed by atoms with Crippen molar-refractivity contribution >= 4 is 17.7 Å². The van der Waals surface area contributed by atoms with Gasteiger partial charge in [-0.15, -0.1) is 11.8 Å². The zero-order valence-corrected chi connectivity index (χ0v) is 15.5. The van der Waals surface area contributed by atoms with Crippen LogP contribution in [0.1, 0.15) is 27.9 Å². The molecule has 0 aliphatic carbocycles. The normalized spacial score (nSPS) is 20.5. The van der Waals surface area contributed by atoms with Crippen molar-refractivity contribution < 1.29 is 4.79 Å². The molecule has 0 unspecified atom stereocenters. The third-order valence-electron chi connectivity index (χ3n) is 5.46. The molecule has 2 aliphatic rings. The number of nitrogens with zero attached hydrogens (tertiary/aromatic N) is 2. The molecule has 1 fully saturated rings. The highest BCUT2D eigenvalue weighted by Gasteiger charge is 2.32. The molecule has 0 N–H and O–H groups in total. The van der Waals surface area contributed by atoms with E-state index >= 15 is 0 Å². The Morgan fingerprint density at radius 3 is 2.64 bits per heavy atom. The second-order valence-corrected chi connectivity index (χ2v) is 7.73. The first-order valence-corrected chi connectivity index (χ1v) is 10.2. The summed E-state index contributed by atoms with van der Waals surface area (Å²) >= 11 is 1.65. The van der Waals surface area contributed by atoms with Gasteiger partial charge < -0.3 is 4.90 Å². The molecule has 0 radical (unpaired) electrons. The lowest BCUT2D eigenvalue weighted by Gasteiger charge is -2.33. The number of thioether (sulfide) groups is 1. The zero-order valence-electron chi connectivity index (χ0n) is 14.6. The summed E-state index contributed by atoms with van der Waals surface area (Å²) in [5.74, 6) is 0.185. The molecular formula is C21H24N2OS. The number of rotatable bonds is 3. The van der Waals surface area contributed by atoms with E-state index in [-0.39, 0.29) is 5.91 Å². The Kier molecular flexibility index (Phi) is 4.82. The highest BCUT2D eigenvalue weighted by Crippen LogP contribution is 2.27. The molecule has 3 nitrogen and oxygen atoms in total. The van der Waals surface area contributed by atoms with Crippen LogP contribution in [0, 0.1) is 0 Å². The van der Waals surface area contributed by atoms with Crippen LogP contribution < -0.4 is 0 Å². The van der Waals surface area contributed by atoms with E-state index in [4.69, 9.17) is 0 Å². The largest absolute Gasteiger partial charge is 0.337 e. The summed E-state index contributed by atoms with van der Waals surface area (Å²) in [5.41, 5.74) is 3.78. The Morgan fingerprint density at radius 2 is 1.80 bits per heavy atom. The van der Waals surface area contributed by atoms with Gasteiger partial charge in [0.25, 0.3) is 5.91 Å². The molecule has 1 atom stereocenters. The second-order valence-electron chi connectivity index (χ2n) is 6.88. The second kappa shape index (κ2) is 7.22. The lowest BCUT2D eigenvalue weighted by Crippen LogP contribution is -2.41. The molecular weight excluding hydrogens is 328 g/mol. The predicted molar refractivity (Wildman–Crippen MR) is 103 cm³/mol. The van der Waals surface area contributed by atoms with Gasteiger partial charge in [0.2, 0.25) is 0 Å².